The molecule has 1 heterocycles. The molecule has 2 aromatic carbocycles. The second-order valence-corrected chi connectivity index (χ2v) is 8.49. The Balaban J connectivity index is 1.52. The molecule has 0 spiro atoms. The van der Waals surface area contributed by atoms with Crippen molar-refractivity contribution >= 4 is 22.9 Å². The molecule has 6 heteroatoms. The summed E-state index contributed by atoms with van der Waals surface area (Å²) >= 11 is 0. The van der Waals surface area contributed by atoms with Gasteiger partial charge in [-0.3, -0.25) is 4.79 Å². The van der Waals surface area contributed by atoms with Crippen molar-refractivity contribution < 1.29 is 14.3 Å². The van der Waals surface area contributed by atoms with Crippen LogP contribution in [0.15, 0.2) is 54.7 Å². The van der Waals surface area contributed by atoms with Crippen molar-refractivity contribution in [2.45, 2.75) is 52.3 Å². The quantitative estimate of drug-likeness (QED) is 0.560. The number of rotatable bonds is 6. The van der Waals surface area contributed by atoms with E-state index in [2.05, 4.69) is 21.7 Å². The van der Waals surface area contributed by atoms with E-state index >= 15 is 0 Å². The highest BCUT2D eigenvalue weighted by atomic mass is 16.6. The lowest BCUT2D eigenvalue weighted by molar-refractivity contribution is 0.0523. The average Bonchev–Trinajstić information content (AvgIpc) is 3.08. The Labute approximate surface area is 177 Å². The van der Waals surface area contributed by atoms with Crippen molar-refractivity contribution in [3.63, 3.8) is 0 Å². The number of aromatic nitrogens is 1. The molecule has 1 aromatic heterocycles. The fourth-order valence-electron chi connectivity index (χ4n) is 3.25. The van der Waals surface area contributed by atoms with Gasteiger partial charge in [-0.05, 0) is 63.4 Å². The van der Waals surface area contributed by atoms with Gasteiger partial charge in [0.2, 0.25) is 0 Å². The maximum absolute atomic E-state index is 12.6. The van der Waals surface area contributed by atoms with Gasteiger partial charge >= 0.3 is 6.09 Å². The van der Waals surface area contributed by atoms with Crippen LogP contribution in [0, 0.1) is 0 Å². The highest BCUT2D eigenvalue weighted by molar-refractivity contribution is 5.94. The van der Waals surface area contributed by atoms with E-state index in [9.17, 15) is 9.59 Å². The molecule has 6 nitrogen and oxygen atoms in total. The fraction of sp³-hybridized carbons (Fsp3) is 0.333. The molecule has 0 fully saturated rings. The number of carbonyl (C=O) groups excluding carboxylic acids is 2. The smallest absolute Gasteiger partial charge is 0.407 e. The first-order valence-corrected chi connectivity index (χ1v) is 10.1. The number of fused-ring (bicyclic) bond motifs is 1. The van der Waals surface area contributed by atoms with E-state index in [-0.39, 0.29) is 11.9 Å². The summed E-state index contributed by atoms with van der Waals surface area (Å²) in [5.41, 5.74) is 3.23. The van der Waals surface area contributed by atoms with E-state index in [1.807, 2.05) is 64.2 Å². The molecule has 1 unspecified atom stereocenters. The summed E-state index contributed by atoms with van der Waals surface area (Å²) < 4.78 is 5.22. The van der Waals surface area contributed by atoms with Crippen LogP contribution in [0.2, 0.25) is 0 Å². The summed E-state index contributed by atoms with van der Waals surface area (Å²) in [7, 11) is 0. The summed E-state index contributed by atoms with van der Waals surface area (Å²) in [6.07, 6.45) is 2.28. The highest BCUT2D eigenvalue weighted by Gasteiger charge is 2.16. The molecule has 0 aliphatic rings. The van der Waals surface area contributed by atoms with Gasteiger partial charge in [-0.1, -0.05) is 30.3 Å². The fourth-order valence-corrected chi connectivity index (χ4v) is 3.25. The molecule has 3 aromatic rings. The third-order valence-electron chi connectivity index (χ3n) is 4.63. The van der Waals surface area contributed by atoms with Crippen molar-refractivity contribution in [2.75, 3.05) is 0 Å². The first-order valence-electron chi connectivity index (χ1n) is 10.1. The van der Waals surface area contributed by atoms with Gasteiger partial charge in [0, 0.05) is 35.2 Å². The Morgan fingerprint density at radius 3 is 2.47 bits per heavy atom. The number of hydrogen-bond acceptors (Lipinski definition) is 3. The number of alkyl carbamates (subject to hydrolysis) is 1. The van der Waals surface area contributed by atoms with Gasteiger partial charge in [0.15, 0.2) is 0 Å². The van der Waals surface area contributed by atoms with Gasteiger partial charge in [-0.15, -0.1) is 0 Å². The summed E-state index contributed by atoms with van der Waals surface area (Å²) in [6, 6.07) is 15.3. The van der Waals surface area contributed by atoms with E-state index in [0.717, 1.165) is 17.5 Å². The first kappa shape index (κ1) is 21.4. The Bertz CT molecular complexity index is 1020. The number of carbonyl (C=O) groups is 2. The number of ether oxygens (including phenoxy) is 1. The molecule has 0 aliphatic heterocycles. The number of para-hydroxylation sites is 1. The molecular formula is C24H29N3O3. The van der Waals surface area contributed by atoms with Crippen molar-refractivity contribution in [3.05, 3.63) is 71.4 Å². The van der Waals surface area contributed by atoms with Crippen molar-refractivity contribution in [3.8, 4) is 0 Å². The third-order valence-corrected chi connectivity index (χ3v) is 4.63. The molecule has 0 radical (unpaired) electrons. The standard InChI is InChI=1S/C24H29N3O3/c1-16(13-19-15-25-21-8-6-5-7-20(19)21)27-22(28)18-11-9-17(10-12-18)14-26-23(29)30-24(2,3)4/h5-12,15-16,25H,13-14H2,1-4H3,(H,26,29)(H,27,28). The second kappa shape index (κ2) is 9.03. The number of H-pyrrole nitrogens is 1. The minimum Gasteiger partial charge on any atom is -0.444 e. The van der Waals surface area contributed by atoms with Gasteiger partial charge in [0.05, 0.1) is 0 Å². The van der Waals surface area contributed by atoms with Crippen LogP contribution in [0.1, 0.15) is 49.2 Å². The Hall–Kier alpha value is -3.28. The lowest BCUT2D eigenvalue weighted by Crippen LogP contribution is -2.34. The van der Waals surface area contributed by atoms with Gasteiger partial charge < -0.3 is 20.4 Å². The number of hydrogen-bond donors (Lipinski definition) is 3. The lowest BCUT2D eigenvalue weighted by atomic mass is 10.1. The molecule has 30 heavy (non-hydrogen) atoms. The number of aromatic amines is 1. The van der Waals surface area contributed by atoms with Crippen LogP contribution < -0.4 is 10.6 Å². The van der Waals surface area contributed by atoms with Gasteiger partial charge in [0.25, 0.3) is 5.91 Å². The van der Waals surface area contributed by atoms with Crippen LogP contribution in [0.4, 0.5) is 4.79 Å². The van der Waals surface area contributed by atoms with E-state index in [4.69, 9.17) is 4.74 Å². The highest BCUT2D eigenvalue weighted by Crippen LogP contribution is 2.19. The zero-order chi connectivity index (χ0) is 21.7. The molecule has 0 aliphatic carbocycles. The van der Waals surface area contributed by atoms with Crippen molar-refractivity contribution in [2.24, 2.45) is 0 Å². The number of amides is 2. The summed E-state index contributed by atoms with van der Waals surface area (Å²) in [5.74, 6) is -0.117. The van der Waals surface area contributed by atoms with Crippen molar-refractivity contribution in [1.82, 2.24) is 15.6 Å². The van der Waals surface area contributed by atoms with E-state index in [0.29, 0.717) is 12.1 Å². The van der Waals surface area contributed by atoms with Gasteiger partial charge in [-0.25, -0.2) is 4.79 Å². The molecular weight excluding hydrogens is 378 g/mol. The Kier molecular flexibility index (Phi) is 6.45. The largest absolute Gasteiger partial charge is 0.444 e. The Morgan fingerprint density at radius 1 is 1.07 bits per heavy atom. The molecule has 3 N–H and O–H groups in total. The van der Waals surface area contributed by atoms with E-state index in [1.54, 1.807) is 12.1 Å². The summed E-state index contributed by atoms with van der Waals surface area (Å²) in [4.78, 5) is 27.6. The molecule has 3 rings (SSSR count). The van der Waals surface area contributed by atoms with Gasteiger partial charge in [0.1, 0.15) is 5.60 Å². The zero-order valence-corrected chi connectivity index (χ0v) is 17.9. The maximum Gasteiger partial charge on any atom is 0.407 e. The summed E-state index contributed by atoms with van der Waals surface area (Å²) in [6.45, 7) is 7.80. The van der Waals surface area contributed by atoms with E-state index in [1.165, 1.54) is 10.9 Å². The zero-order valence-electron chi connectivity index (χ0n) is 17.9. The van der Waals surface area contributed by atoms with Crippen LogP contribution >= 0.6 is 0 Å². The van der Waals surface area contributed by atoms with Crippen LogP contribution in [0.3, 0.4) is 0 Å². The third kappa shape index (κ3) is 5.86. The molecule has 0 bridgehead atoms. The average molecular weight is 408 g/mol. The molecule has 0 saturated heterocycles. The summed E-state index contributed by atoms with van der Waals surface area (Å²) in [5, 5.41) is 6.94. The van der Waals surface area contributed by atoms with Crippen LogP contribution in [-0.4, -0.2) is 28.6 Å². The predicted molar refractivity (Wildman–Crippen MR) is 118 cm³/mol. The SMILES string of the molecule is CC(Cc1c[nH]c2ccccc12)NC(=O)c1ccc(CNC(=O)OC(C)(C)C)cc1. The molecule has 0 saturated carbocycles. The topological polar surface area (TPSA) is 83.2 Å². The normalized spacial score (nSPS) is 12.4. The first-order chi connectivity index (χ1) is 14.2. The molecule has 158 valence electrons. The minimum atomic E-state index is -0.532. The van der Waals surface area contributed by atoms with Crippen LogP contribution in [-0.2, 0) is 17.7 Å². The van der Waals surface area contributed by atoms with Crippen molar-refractivity contribution in [1.29, 1.82) is 0 Å². The van der Waals surface area contributed by atoms with Gasteiger partial charge in [-0.2, -0.15) is 0 Å². The van der Waals surface area contributed by atoms with Crippen LogP contribution in [0.25, 0.3) is 10.9 Å². The lowest BCUT2D eigenvalue weighted by Gasteiger charge is -2.19. The van der Waals surface area contributed by atoms with E-state index < -0.39 is 11.7 Å². The Morgan fingerprint density at radius 2 is 1.77 bits per heavy atom. The maximum atomic E-state index is 12.6. The second-order valence-electron chi connectivity index (χ2n) is 8.49. The van der Waals surface area contributed by atoms with Crippen LogP contribution in [0.5, 0.6) is 0 Å². The predicted octanol–water partition coefficient (Wildman–Crippen LogP) is 4.55. The molecule has 2 amide bonds. The molecule has 1 atom stereocenters. The monoisotopic (exact) mass is 407 g/mol. The number of nitrogens with one attached hydrogen (secondary N) is 3. The minimum absolute atomic E-state index is 0.00906. The number of benzene rings is 2.